The smallest absolute Gasteiger partial charge is 0.347 e. The van der Waals surface area contributed by atoms with Crippen LogP contribution in [-0.4, -0.2) is 97.1 Å². The number of hydrogen-bond acceptors (Lipinski definition) is 6. The van der Waals surface area contributed by atoms with Gasteiger partial charge in [0.25, 0.3) is 0 Å². The lowest BCUT2D eigenvalue weighted by molar-refractivity contribution is -0.262. The lowest BCUT2D eigenvalue weighted by Crippen LogP contribution is -2.81. The van der Waals surface area contributed by atoms with Crippen molar-refractivity contribution in [1.82, 2.24) is 10.2 Å². The number of carbonyl (C=O) groups is 2. The Morgan fingerprint density at radius 3 is 2.00 bits per heavy atom. The monoisotopic (exact) mass is 541 g/mol. The number of aliphatic imine (C=N–C) groups is 1. The van der Waals surface area contributed by atoms with Crippen LogP contribution in [0.15, 0.2) is 4.99 Å². The van der Waals surface area contributed by atoms with Crippen LogP contribution in [0.5, 0.6) is 0 Å². The summed E-state index contributed by atoms with van der Waals surface area (Å²) in [6.45, 7) is 21.8. The molecule has 9 nitrogen and oxygen atoms in total. The molecule has 0 aromatic heterocycles. The van der Waals surface area contributed by atoms with Crippen molar-refractivity contribution in [2.24, 2.45) is 21.2 Å². The number of amidine groups is 1. The third kappa shape index (κ3) is 4.29. The predicted octanol–water partition coefficient (Wildman–Crippen LogP) is 0.844. The van der Waals surface area contributed by atoms with Crippen molar-refractivity contribution in [2.45, 2.75) is 111 Å². The van der Waals surface area contributed by atoms with Gasteiger partial charge >= 0.3 is 6.03 Å². The summed E-state index contributed by atoms with van der Waals surface area (Å²) in [6, 6.07) is -0.666. The SMILES string of the molecule is CC(=O)NC1=NC(=O)N([C@]2([SiH](C)C)O[C@H](C(O)C(C)(C)C)[C@](O)(C(C)(C)C)[C@]2(O)C(C)(C)C)CC1=[SiH2]. The molecule has 0 aliphatic carbocycles. The summed E-state index contributed by atoms with van der Waals surface area (Å²) in [4.78, 5) is 30.9. The van der Waals surface area contributed by atoms with Gasteiger partial charge in [-0.25, -0.2) is 4.79 Å². The largest absolute Gasteiger partial charge is 0.390 e. The number of ether oxygens (including phenoxy) is 1. The summed E-state index contributed by atoms with van der Waals surface area (Å²) in [5, 5.41) is 39.0. The van der Waals surface area contributed by atoms with Crippen LogP contribution in [-0.2, 0) is 9.53 Å². The van der Waals surface area contributed by atoms with E-state index in [9.17, 15) is 24.9 Å². The van der Waals surface area contributed by atoms with Gasteiger partial charge in [-0.05, 0) is 31.3 Å². The van der Waals surface area contributed by atoms with Gasteiger partial charge in [0, 0.05) is 13.5 Å². The number of nitrogens with zero attached hydrogens (tertiary/aromatic N) is 2. The summed E-state index contributed by atoms with van der Waals surface area (Å²) in [5.41, 5.74) is -6.59. The molecule has 206 valence electrons. The van der Waals surface area contributed by atoms with Crippen LogP contribution in [0.4, 0.5) is 4.79 Å². The van der Waals surface area contributed by atoms with E-state index in [4.69, 9.17) is 4.74 Å². The molecule has 1 unspecified atom stereocenters. The van der Waals surface area contributed by atoms with Gasteiger partial charge in [0.15, 0.2) is 5.35 Å². The van der Waals surface area contributed by atoms with Gasteiger partial charge in [-0.15, -0.1) is 0 Å². The fraction of sp³-hybridized carbons (Fsp3) is 0.840. The maximum atomic E-state index is 13.6. The van der Waals surface area contributed by atoms with E-state index in [2.05, 4.69) is 10.3 Å². The molecule has 2 rings (SSSR count). The second-order valence-corrected chi connectivity index (χ2v) is 17.7. The van der Waals surface area contributed by atoms with E-state index in [-0.39, 0.29) is 18.3 Å². The zero-order valence-corrected chi connectivity index (χ0v) is 26.7. The molecule has 2 aliphatic heterocycles. The van der Waals surface area contributed by atoms with Gasteiger partial charge in [0.05, 0.1) is 14.9 Å². The number of aliphatic hydroxyl groups is 3. The molecule has 1 fully saturated rings. The van der Waals surface area contributed by atoms with Crippen molar-refractivity contribution < 1.29 is 29.6 Å². The third-order valence-electron chi connectivity index (χ3n) is 7.79. The van der Waals surface area contributed by atoms with E-state index in [1.807, 2.05) is 75.4 Å². The normalized spacial score (nSPS) is 33.2. The second kappa shape index (κ2) is 9.20. The summed E-state index contributed by atoms with van der Waals surface area (Å²) in [6.07, 6.45) is -2.36. The van der Waals surface area contributed by atoms with Crippen molar-refractivity contribution in [3.8, 4) is 0 Å². The van der Waals surface area contributed by atoms with E-state index < -0.39 is 59.8 Å². The quantitative estimate of drug-likeness (QED) is 0.392. The number of urea groups is 1. The fourth-order valence-corrected chi connectivity index (χ4v) is 9.03. The first kappa shape index (κ1) is 31.0. The highest BCUT2D eigenvalue weighted by Gasteiger charge is 2.83. The molecule has 0 radical (unpaired) electrons. The van der Waals surface area contributed by atoms with Crippen molar-refractivity contribution in [3.05, 3.63) is 0 Å². The van der Waals surface area contributed by atoms with Crippen LogP contribution >= 0.6 is 0 Å². The van der Waals surface area contributed by atoms with Gasteiger partial charge in [0.1, 0.15) is 23.1 Å². The van der Waals surface area contributed by atoms with Crippen molar-refractivity contribution >= 4 is 41.6 Å². The maximum Gasteiger partial charge on any atom is 0.347 e. The lowest BCUT2D eigenvalue weighted by Gasteiger charge is -2.61. The van der Waals surface area contributed by atoms with Crippen LogP contribution in [0, 0.1) is 16.2 Å². The number of nitrogens with one attached hydrogen (secondary N) is 1. The predicted molar refractivity (Wildman–Crippen MR) is 148 cm³/mol. The third-order valence-corrected chi connectivity index (χ3v) is 10.8. The van der Waals surface area contributed by atoms with Crippen LogP contribution in [0.2, 0.25) is 13.1 Å². The highest BCUT2D eigenvalue weighted by Crippen LogP contribution is 2.64. The number of aliphatic hydroxyl groups excluding tert-OH is 1. The Morgan fingerprint density at radius 2 is 1.64 bits per heavy atom. The Labute approximate surface area is 220 Å². The molecule has 11 heteroatoms. The number of amides is 3. The molecule has 3 amide bonds. The standard InChI is InChI=1S/C25H47N3O6Si2/c1-14(29)26-18-15(35)13-28(19(31)27-18)25(36(11)12)24(33,22(8,9)10)23(32,21(5,6)7)17(34-25)16(30)20(2,3)4/h16-17,30,32-33,36H,13,35H2,1-12H3,(H,26,27,29,31)/t16?,17-,23+,24-,25+/m1/s1. The average Bonchev–Trinajstić information content (AvgIpc) is 2.90. The molecule has 5 atom stereocenters. The summed E-state index contributed by atoms with van der Waals surface area (Å²) in [5.74, 6) is -0.150. The van der Waals surface area contributed by atoms with Crippen LogP contribution in [0.3, 0.4) is 0 Å². The Hall–Kier alpha value is -1.25. The van der Waals surface area contributed by atoms with E-state index >= 15 is 0 Å². The zero-order chi connectivity index (χ0) is 28.4. The van der Waals surface area contributed by atoms with Crippen LogP contribution < -0.4 is 5.32 Å². The first-order valence-corrected chi connectivity index (χ1v) is 16.2. The molecular weight excluding hydrogens is 494 g/mol. The van der Waals surface area contributed by atoms with Gasteiger partial charge in [-0.2, -0.15) is 4.99 Å². The molecule has 2 aliphatic rings. The van der Waals surface area contributed by atoms with Gasteiger partial charge < -0.3 is 25.4 Å². The first-order valence-electron chi connectivity index (χ1n) is 12.6. The molecule has 4 N–H and O–H groups in total. The molecule has 0 aromatic rings. The lowest BCUT2D eigenvalue weighted by atomic mass is 9.54. The highest BCUT2D eigenvalue weighted by atomic mass is 28.3. The summed E-state index contributed by atoms with van der Waals surface area (Å²) >= 11 is 0. The number of rotatable bonds is 3. The summed E-state index contributed by atoms with van der Waals surface area (Å²) < 4.78 is 6.81. The van der Waals surface area contributed by atoms with E-state index in [1.165, 1.54) is 21.7 Å². The minimum absolute atomic E-state index is 0.0541. The highest BCUT2D eigenvalue weighted by molar-refractivity contribution is 6.67. The van der Waals surface area contributed by atoms with Crippen molar-refractivity contribution in [1.29, 1.82) is 0 Å². The van der Waals surface area contributed by atoms with E-state index in [0.717, 1.165) is 0 Å². The number of hydrogen-bond donors (Lipinski definition) is 4. The topological polar surface area (TPSA) is 132 Å². The Bertz CT molecular complexity index is 964. The molecule has 0 aromatic carbocycles. The van der Waals surface area contributed by atoms with Crippen LogP contribution in [0.1, 0.15) is 69.2 Å². The molecule has 1 saturated heterocycles. The fourth-order valence-electron chi connectivity index (χ4n) is 5.90. The first-order chi connectivity index (χ1) is 15.9. The second-order valence-electron chi connectivity index (χ2n) is 13.8. The average molecular weight is 542 g/mol. The van der Waals surface area contributed by atoms with Crippen LogP contribution in [0.25, 0.3) is 0 Å². The maximum absolute atomic E-state index is 13.6. The Kier molecular flexibility index (Phi) is 7.91. The van der Waals surface area contributed by atoms with Gasteiger partial charge in [-0.3, -0.25) is 9.69 Å². The molecule has 0 bridgehead atoms. The van der Waals surface area contributed by atoms with Gasteiger partial charge in [-0.1, -0.05) is 75.4 Å². The molecular formula is C25H47N3O6Si2. The zero-order valence-electron chi connectivity index (χ0n) is 24.1. The van der Waals surface area contributed by atoms with E-state index in [1.54, 1.807) is 0 Å². The van der Waals surface area contributed by atoms with E-state index in [0.29, 0.717) is 5.17 Å². The Balaban J connectivity index is 2.98. The molecule has 2 heterocycles. The number of carbonyl (C=O) groups excluding carboxylic acids is 2. The molecule has 36 heavy (non-hydrogen) atoms. The molecule has 0 spiro atoms. The van der Waals surface area contributed by atoms with Crippen molar-refractivity contribution in [3.63, 3.8) is 0 Å². The minimum atomic E-state index is -2.26. The summed E-state index contributed by atoms with van der Waals surface area (Å²) in [7, 11) is -0.759. The minimum Gasteiger partial charge on any atom is -0.390 e. The van der Waals surface area contributed by atoms with Gasteiger partial charge in [0.2, 0.25) is 5.91 Å². The van der Waals surface area contributed by atoms with Crippen molar-refractivity contribution in [2.75, 3.05) is 6.54 Å². The molecule has 0 saturated carbocycles. The Morgan fingerprint density at radius 1 is 1.14 bits per heavy atom.